The second-order valence-electron chi connectivity index (χ2n) is 5.62. The Bertz CT molecular complexity index is 479. The highest BCUT2D eigenvalue weighted by Crippen LogP contribution is 2.22. The topological polar surface area (TPSA) is 88.8 Å². The molecule has 1 aliphatic rings. The molecule has 1 aromatic heterocycles. The van der Waals surface area contributed by atoms with Crippen molar-refractivity contribution in [3.8, 4) is 0 Å². The predicted octanol–water partition coefficient (Wildman–Crippen LogP) is 1.46. The highest BCUT2D eigenvalue weighted by molar-refractivity contribution is 7.14. The fraction of sp³-hybridized carbons (Fsp3) is 0.600. The van der Waals surface area contributed by atoms with Crippen molar-refractivity contribution >= 4 is 28.2 Å². The molecule has 0 bridgehead atoms. The van der Waals surface area contributed by atoms with Gasteiger partial charge < -0.3 is 16.4 Å². The van der Waals surface area contributed by atoms with Gasteiger partial charge in [-0.1, -0.05) is 19.3 Å². The van der Waals surface area contributed by atoms with Crippen LogP contribution in [0.15, 0.2) is 11.4 Å². The summed E-state index contributed by atoms with van der Waals surface area (Å²) in [6.07, 6.45) is 8.89. The molecule has 0 saturated heterocycles. The molecule has 21 heavy (non-hydrogen) atoms. The van der Waals surface area contributed by atoms with Crippen LogP contribution in [0.4, 0.5) is 5.00 Å². The zero-order valence-corrected chi connectivity index (χ0v) is 13.1. The number of nitrogens with one attached hydrogen (secondary N) is 1. The maximum absolute atomic E-state index is 12.0. The molecular formula is C15H24N3O2S+. The third-order valence-electron chi connectivity index (χ3n) is 3.97. The Kier molecular flexibility index (Phi) is 6.20. The van der Waals surface area contributed by atoms with E-state index >= 15 is 0 Å². The summed E-state index contributed by atoms with van der Waals surface area (Å²) in [4.78, 5) is 23.2. The SMILES string of the molecule is NC(=O)c1ccsc1NC(=O)C[NH2+]C1CCCCCCC1. The Morgan fingerprint density at radius 1 is 1.24 bits per heavy atom. The van der Waals surface area contributed by atoms with E-state index in [1.807, 2.05) is 0 Å². The summed E-state index contributed by atoms with van der Waals surface area (Å²) in [6, 6.07) is 2.19. The van der Waals surface area contributed by atoms with E-state index in [0.717, 1.165) is 0 Å². The summed E-state index contributed by atoms with van der Waals surface area (Å²) in [5.74, 6) is -0.572. The van der Waals surface area contributed by atoms with Gasteiger partial charge in [-0.15, -0.1) is 11.3 Å². The van der Waals surface area contributed by atoms with Crippen LogP contribution in [0.25, 0.3) is 0 Å². The van der Waals surface area contributed by atoms with Crippen LogP contribution in [0.5, 0.6) is 0 Å². The van der Waals surface area contributed by atoms with Crippen molar-refractivity contribution in [2.24, 2.45) is 5.73 Å². The fourth-order valence-electron chi connectivity index (χ4n) is 2.77. The van der Waals surface area contributed by atoms with Crippen molar-refractivity contribution in [1.82, 2.24) is 0 Å². The van der Waals surface area contributed by atoms with Crippen LogP contribution in [0.3, 0.4) is 0 Å². The zero-order chi connectivity index (χ0) is 15.1. The minimum Gasteiger partial charge on any atom is -0.366 e. The van der Waals surface area contributed by atoms with Gasteiger partial charge in [-0.05, 0) is 37.1 Å². The van der Waals surface area contributed by atoms with Crippen LogP contribution in [-0.2, 0) is 4.79 Å². The molecule has 1 fully saturated rings. The minimum absolute atomic E-state index is 0.0676. The van der Waals surface area contributed by atoms with Crippen LogP contribution >= 0.6 is 11.3 Å². The highest BCUT2D eigenvalue weighted by atomic mass is 32.1. The smallest absolute Gasteiger partial charge is 0.280 e. The molecule has 1 aromatic rings. The highest BCUT2D eigenvalue weighted by Gasteiger charge is 2.17. The Balaban J connectivity index is 1.78. The first-order chi connectivity index (χ1) is 10.2. The molecule has 0 unspecified atom stereocenters. The Labute approximate surface area is 129 Å². The molecule has 0 spiro atoms. The molecule has 5 N–H and O–H groups in total. The summed E-state index contributed by atoms with van der Waals surface area (Å²) in [5.41, 5.74) is 5.65. The third-order valence-corrected chi connectivity index (χ3v) is 4.80. The molecule has 0 radical (unpaired) electrons. The summed E-state index contributed by atoms with van der Waals surface area (Å²) in [5, 5.41) is 7.24. The lowest BCUT2D eigenvalue weighted by Crippen LogP contribution is -2.91. The summed E-state index contributed by atoms with van der Waals surface area (Å²) < 4.78 is 0. The number of quaternary nitrogens is 1. The number of amides is 2. The van der Waals surface area contributed by atoms with Gasteiger partial charge in [-0.25, -0.2) is 0 Å². The average molecular weight is 310 g/mol. The Morgan fingerprint density at radius 3 is 2.57 bits per heavy atom. The number of thiophene rings is 1. The number of carbonyl (C=O) groups excluding carboxylic acids is 2. The molecule has 116 valence electrons. The number of anilines is 1. The van der Waals surface area contributed by atoms with Gasteiger partial charge in [0.15, 0.2) is 6.54 Å². The molecular weight excluding hydrogens is 286 g/mol. The van der Waals surface area contributed by atoms with Gasteiger partial charge in [-0.2, -0.15) is 0 Å². The van der Waals surface area contributed by atoms with Gasteiger partial charge in [0, 0.05) is 0 Å². The number of hydrogen-bond donors (Lipinski definition) is 3. The van der Waals surface area contributed by atoms with E-state index in [2.05, 4.69) is 10.6 Å². The van der Waals surface area contributed by atoms with Crippen molar-refractivity contribution in [1.29, 1.82) is 0 Å². The van der Waals surface area contributed by atoms with Gasteiger partial charge in [0.05, 0.1) is 11.6 Å². The number of hydrogen-bond acceptors (Lipinski definition) is 3. The van der Waals surface area contributed by atoms with Crippen LogP contribution in [0, 0.1) is 0 Å². The van der Waals surface area contributed by atoms with Crippen molar-refractivity contribution in [3.05, 3.63) is 17.0 Å². The zero-order valence-electron chi connectivity index (χ0n) is 12.3. The first kappa shape index (κ1) is 16.0. The Hall–Kier alpha value is -1.40. The molecule has 1 heterocycles. The van der Waals surface area contributed by atoms with E-state index in [1.165, 1.54) is 56.3 Å². The maximum Gasteiger partial charge on any atom is 0.280 e. The second kappa shape index (κ2) is 8.14. The number of rotatable bonds is 5. The second-order valence-corrected chi connectivity index (χ2v) is 6.54. The summed E-state index contributed by atoms with van der Waals surface area (Å²) >= 11 is 1.33. The standard InChI is InChI=1S/C15H23N3O2S/c16-14(20)12-8-9-21-15(12)18-13(19)10-17-11-6-4-2-1-3-5-7-11/h8-9,11,17H,1-7,10H2,(H2,16,20)(H,18,19)/p+1. The average Bonchev–Trinajstić information content (AvgIpc) is 2.85. The van der Waals surface area contributed by atoms with Gasteiger partial charge in [-0.3, -0.25) is 9.59 Å². The monoisotopic (exact) mass is 310 g/mol. The molecule has 0 atom stereocenters. The van der Waals surface area contributed by atoms with E-state index in [0.29, 0.717) is 23.2 Å². The van der Waals surface area contributed by atoms with E-state index < -0.39 is 5.91 Å². The lowest BCUT2D eigenvalue weighted by molar-refractivity contribution is -0.680. The number of primary amides is 1. The van der Waals surface area contributed by atoms with E-state index in [9.17, 15) is 9.59 Å². The molecule has 2 rings (SSSR count). The van der Waals surface area contributed by atoms with Gasteiger partial charge in [0.1, 0.15) is 5.00 Å². The fourth-order valence-corrected chi connectivity index (χ4v) is 3.58. The van der Waals surface area contributed by atoms with Crippen LogP contribution in [-0.4, -0.2) is 24.4 Å². The van der Waals surface area contributed by atoms with Crippen LogP contribution in [0.1, 0.15) is 55.3 Å². The first-order valence-corrected chi connectivity index (χ1v) is 8.55. The van der Waals surface area contributed by atoms with Crippen molar-refractivity contribution in [2.75, 3.05) is 11.9 Å². The lowest BCUT2D eigenvalue weighted by Gasteiger charge is -2.17. The molecule has 1 saturated carbocycles. The van der Waals surface area contributed by atoms with E-state index in [4.69, 9.17) is 5.73 Å². The maximum atomic E-state index is 12.0. The number of nitrogens with two attached hydrogens (primary N) is 2. The minimum atomic E-state index is -0.504. The Morgan fingerprint density at radius 2 is 1.90 bits per heavy atom. The van der Waals surface area contributed by atoms with E-state index in [1.54, 1.807) is 11.4 Å². The predicted molar refractivity (Wildman–Crippen MR) is 84.4 cm³/mol. The molecule has 5 nitrogen and oxygen atoms in total. The van der Waals surface area contributed by atoms with Crippen molar-refractivity contribution in [2.45, 2.75) is 51.0 Å². The van der Waals surface area contributed by atoms with Crippen LogP contribution < -0.4 is 16.4 Å². The van der Waals surface area contributed by atoms with Crippen molar-refractivity contribution < 1.29 is 14.9 Å². The van der Waals surface area contributed by atoms with Crippen molar-refractivity contribution in [3.63, 3.8) is 0 Å². The molecule has 6 heteroatoms. The van der Waals surface area contributed by atoms with E-state index in [-0.39, 0.29) is 5.91 Å². The van der Waals surface area contributed by atoms with Gasteiger partial charge in [0.2, 0.25) is 0 Å². The summed E-state index contributed by atoms with van der Waals surface area (Å²) in [7, 11) is 0. The largest absolute Gasteiger partial charge is 0.366 e. The first-order valence-electron chi connectivity index (χ1n) is 7.67. The summed E-state index contributed by atoms with van der Waals surface area (Å²) in [6.45, 7) is 0.404. The van der Waals surface area contributed by atoms with Crippen LogP contribution in [0.2, 0.25) is 0 Å². The molecule has 0 aromatic carbocycles. The normalized spacial score (nSPS) is 17.0. The molecule has 0 aliphatic heterocycles. The number of carbonyl (C=O) groups is 2. The molecule has 1 aliphatic carbocycles. The van der Waals surface area contributed by atoms with Gasteiger partial charge >= 0.3 is 0 Å². The van der Waals surface area contributed by atoms with Gasteiger partial charge in [0.25, 0.3) is 11.8 Å². The quantitative estimate of drug-likeness (QED) is 0.768. The third kappa shape index (κ3) is 5.13. The molecule has 2 amide bonds. The lowest BCUT2D eigenvalue weighted by atomic mass is 9.97.